The second kappa shape index (κ2) is 8.59. The number of hydrogen-bond donors (Lipinski definition) is 1. The molecule has 0 radical (unpaired) electrons. The van der Waals surface area contributed by atoms with E-state index in [9.17, 15) is 17.2 Å². The van der Waals surface area contributed by atoms with E-state index in [-0.39, 0.29) is 10.9 Å². The number of anilines is 1. The van der Waals surface area contributed by atoms with Gasteiger partial charge in [-0.15, -0.1) is 0 Å². The third-order valence-electron chi connectivity index (χ3n) is 4.60. The zero-order valence-corrected chi connectivity index (χ0v) is 19.1. The fourth-order valence-corrected chi connectivity index (χ4v) is 5.05. The van der Waals surface area contributed by atoms with Crippen molar-refractivity contribution in [3.63, 3.8) is 0 Å². The molecule has 0 saturated carbocycles. The van der Waals surface area contributed by atoms with Crippen molar-refractivity contribution in [2.45, 2.75) is 4.90 Å². The van der Waals surface area contributed by atoms with Crippen LogP contribution in [0.4, 0.5) is 13.9 Å². The SMILES string of the molecule is O=S(=O)(Nc1ncns1)c1cc(F)c(Oc2ccc(Cl)cc2-c2ccnc3nccn23)cc1F. The van der Waals surface area contributed by atoms with Gasteiger partial charge in [0.1, 0.15) is 22.8 Å². The summed E-state index contributed by atoms with van der Waals surface area (Å²) >= 11 is 6.92. The number of nitrogens with zero attached hydrogens (tertiary/aromatic N) is 5. The van der Waals surface area contributed by atoms with E-state index in [0.717, 1.165) is 17.9 Å². The highest BCUT2D eigenvalue weighted by atomic mass is 35.5. The van der Waals surface area contributed by atoms with Crippen molar-refractivity contribution in [1.82, 2.24) is 23.7 Å². The molecule has 0 unspecified atom stereocenters. The molecule has 3 aromatic heterocycles. The van der Waals surface area contributed by atoms with Crippen molar-refractivity contribution in [2.75, 3.05) is 4.72 Å². The average molecular weight is 521 g/mol. The summed E-state index contributed by atoms with van der Waals surface area (Å²) in [6.07, 6.45) is 5.89. The predicted molar refractivity (Wildman–Crippen MR) is 121 cm³/mol. The van der Waals surface area contributed by atoms with Gasteiger partial charge < -0.3 is 4.74 Å². The summed E-state index contributed by atoms with van der Waals surface area (Å²) in [5.74, 6) is -2.27. The van der Waals surface area contributed by atoms with Crippen LogP contribution in [0, 0.1) is 11.6 Å². The van der Waals surface area contributed by atoms with Crippen molar-refractivity contribution in [3.8, 4) is 22.8 Å². The minimum absolute atomic E-state index is 0.0888. The molecule has 0 saturated heterocycles. The summed E-state index contributed by atoms with van der Waals surface area (Å²) in [5, 5.41) is 0.289. The summed E-state index contributed by atoms with van der Waals surface area (Å²) in [6.45, 7) is 0. The molecule has 0 aliphatic rings. The number of rotatable bonds is 6. The maximum Gasteiger partial charge on any atom is 0.266 e. The molecule has 0 spiro atoms. The first kappa shape index (κ1) is 22.1. The third-order valence-corrected chi connectivity index (χ3v) is 6.90. The predicted octanol–water partition coefficient (Wildman–Crippen LogP) is 4.77. The maximum absolute atomic E-state index is 14.9. The topological polar surface area (TPSA) is 111 Å². The number of nitrogens with one attached hydrogen (secondary N) is 1. The Kier molecular flexibility index (Phi) is 5.59. The summed E-state index contributed by atoms with van der Waals surface area (Å²) in [4.78, 5) is 11.0. The van der Waals surface area contributed by atoms with Crippen LogP contribution in [-0.2, 0) is 10.0 Å². The van der Waals surface area contributed by atoms with Crippen LogP contribution < -0.4 is 9.46 Å². The first-order valence-electron chi connectivity index (χ1n) is 9.36. The average Bonchev–Trinajstić information content (AvgIpc) is 3.48. The van der Waals surface area contributed by atoms with Gasteiger partial charge in [-0.05, 0) is 24.3 Å². The molecular formula is C20H11ClF2N6O3S2. The molecule has 14 heteroatoms. The van der Waals surface area contributed by atoms with Gasteiger partial charge in [-0.2, -0.15) is 4.37 Å². The van der Waals surface area contributed by atoms with Crippen molar-refractivity contribution >= 4 is 44.1 Å². The van der Waals surface area contributed by atoms with E-state index >= 15 is 0 Å². The maximum atomic E-state index is 14.9. The van der Waals surface area contributed by atoms with Gasteiger partial charge in [0, 0.05) is 52.8 Å². The molecule has 5 aromatic rings. The first-order chi connectivity index (χ1) is 16.3. The molecule has 0 aliphatic heterocycles. The molecule has 2 aromatic carbocycles. The van der Waals surface area contributed by atoms with E-state index in [0.29, 0.717) is 34.2 Å². The Hall–Kier alpha value is -3.68. The highest BCUT2D eigenvalue weighted by Gasteiger charge is 2.24. The highest BCUT2D eigenvalue weighted by Crippen LogP contribution is 2.37. The van der Waals surface area contributed by atoms with Gasteiger partial charge in [0.05, 0.1) is 5.69 Å². The third kappa shape index (κ3) is 4.16. The van der Waals surface area contributed by atoms with Crippen LogP contribution in [0.15, 0.2) is 66.2 Å². The van der Waals surface area contributed by atoms with Crippen molar-refractivity contribution in [1.29, 1.82) is 0 Å². The fraction of sp³-hybridized carbons (Fsp3) is 0. The molecule has 1 N–H and O–H groups in total. The number of hydrogen-bond acceptors (Lipinski definition) is 8. The van der Waals surface area contributed by atoms with Crippen molar-refractivity contribution in [3.05, 3.63) is 78.0 Å². The van der Waals surface area contributed by atoms with Gasteiger partial charge in [0.2, 0.25) is 10.9 Å². The minimum atomic E-state index is -4.45. The molecule has 0 fully saturated rings. The summed E-state index contributed by atoms with van der Waals surface area (Å²) < 4.78 is 67.6. The van der Waals surface area contributed by atoms with Crippen LogP contribution in [0.5, 0.6) is 11.5 Å². The molecule has 34 heavy (non-hydrogen) atoms. The lowest BCUT2D eigenvalue weighted by molar-refractivity contribution is 0.433. The van der Waals surface area contributed by atoms with Gasteiger partial charge in [-0.25, -0.2) is 32.2 Å². The standard InChI is InChI=1S/C20H11ClF2N6O3S2/c21-11-1-2-16(12(7-11)15-3-4-24-19-25-5-6-29(15)19)32-17-8-14(23)18(9-13(17)22)34(30,31)28-20-26-10-27-33-20/h1-10H,(H,26,27,28). The first-order valence-corrected chi connectivity index (χ1v) is 12.0. The summed E-state index contributed by atoms with van der Waals surface area (Å²) in [7, 11) is -4.45. The van der Waals surface area contributed by atoms with Crippen molar-refractivity contribution in [2.24, 2.45) is 0 Å². The van der Waals surface area contributed by atoms with Crippen LogP contribution in [0.2, 0.25) is 5.02 Å². The van der Waals surface area contributed by atoms with Gasteiger partial charge in [-0.1, -0.05) is 11.6 Å². The Morgan fingerprint density at radius 3 is 2.62 bits per heavy atom. The number of ether oxygens (including phenoxy) is 1. The second-order valence-electron chi connectivity index (χ2n) is 6.73. The van der Waals surface area contributed by atoms with Gasteiger partial charge in [0.15, 0.2) is 11.6 Å². The molecular weight excluding hydrogens is 510 g/mol. The molecule has 0 bridgehead atoms. The zero-order valence-electron chi connectivity index (χ0n) is 16.7. The zero-order chi connectivity index (χ0) is 23.9. The quantitative estimate of drug-likeness (QED) is 0.343. The lowest BCUT2D eigenvalue weighted by Crippen LogP contribution is -2.15. The van der Waals surface area contributed by atoms with Crippen LogP contribution in [0.1, 0.15) is 0 Å². The molecule has 0 amide bonds. The van der Waals surface area contributed by atoms with Gasteiger partial charge in [-0.3, -0.25) is 9.12 Å². The van der Waals surface area contributed by atoms with Crippen LogP contribution in [0.3, 0.4) is 0 Å². The lowest BCUT2D eigenvalue weighted by Gasteiger charge is -2.14. The van der Waals surface area contributed by atoms with Crippen LogP contribution in [0.25, 0.3) is 17.0 Å². The Morgan fingerprint density at radius 1 is 1.00 bits per heavy atom. The van der Waals surface area contributed by atoms with E-state index in [1.807, 2.05) is 4.72 Å². The lowest BCUT2D eigenvalue weighted by atomic mass is 10.1. The second-order valence-corrected chi connectivity index (χ2v) is 9.60. The van der Waals surface area contributed by atoms with Crippen molar-refractivity contribution < 1.29 is 21.9 Å². The number of aromatic nitrogens is 5. The van der Waals surface area contributed by atoms with Gasteiger partial charge in [0.25, 0.3) is 10.0 Å². The number of benzene rings is 2. The molecule has 0 aliphatic carbocycles. The molecule has 172 valence electrons. The number of fused-ring (bicyclic) bond motifs is 1. The van der Waals surface area contributed by atoms with E-state index in [2.05, 4.69) is 19.3 Å². The Balaban J connectivity index is 1.54. The Bertz CT molecular complexity index is 1630. The number of sulfonamides is 1. The Morgan fingerprint density at radius 2 is 1.82 bits per heavy atom. The monoisotopic (exact) mass is 520 g/mol. The molecule has 0 atom stereocenters. The number of imidazole rings is 1. The van der Waals surface area contributed by atoms with E-state index in [4.69, 9.17) is 16.3 Å². The summed E-state index contributed by atoms with van der Waals surface area (Å²) in [5.41, 5.74) is 1.04. The minimum Gasteiger partial charge on any atom is -0.453 e. The van der Waals surface area contributed by atoms with E-state index in [1.54, 1.807) is 28.9 Å². The number of halogens is 3. The highest BCUT2D eigenvalue weighted by molar-refractivity contribution is 7.93. The molecule has 3 heterocycles. The fourth-order valence-electron chi connectivity index (χ4n) is 3.15. The van der Waals surface area contributed by atoms with E-state index < -0.39 is 32.3 Å². The normalized spacial score (nSPS) is 11.6. The Labute approximate surface area is 199 Å². The molecule has 9 nitrogen and oxygen atoms in total. The smallest absolute Gasteiger partial charge is 0.266 e. The summed E-state index contributed by atoms with van der Waals surface area (Å²) in [6, 6.07) is 7.46. The largest absolute Gasteiger partial charge is 0.453 e. The van der Waals surface area contributed by atoms with Crippen LogP contribution >= 0.6 is 23.1 Å². The van der Waals surface area contributed by atoms with Crippen LogP contribution in [-0.4, -0.2) is 32.1 Å². The molecule has 5 rings (SSSR count). The van der Waals surface area contributed by atoms with E-state index in [1.165, 1.54) is 18.3 Å². The van der Waals surface area contributed by atoms with Gasteiger partial charge >= 0.3 is 0 Å².